The Labute approximate surface area is 98.6 Å². The predicted molar refractivity (Wildman–Crippen MR) is 72.1 cm³/mol. The molecule has 0 radical (unpaired) electrons. The lowest BCUT2D eigenvalue weighted by molar-refractivity contribution is 0.442. The van der Waals surface area contributed by atoms with Gasteiger partial charge in [-0.3, -0.25) is 0 Å². The van der Waals surface area contributed by atoms with E-state index >= 15 is 0 Å². The Hall–Kier alpha value is 0.240. The zero-order valence-corrected chi connectivity index (χ0v) is 11.3. The van der Waals surface area contributed by atoms with Crippen LogP contribution in [0.2, 0.25) is 0 Å². The van der Waals surface area contributed by atoms with Gasteiger partial charge < -0.3 is 4.90 Å². The van der Waals surface area contributed by atoms with E-state index in [-0.39, 0.29) is 0 Å². The van der Waals surface area contributed by atoms with Gasteiger partial charge in [-0.1, -0.05) is 50.7 Å². The average molecular weight is 233 g/mol. The molecule has 0 fully saturated rings. The van der Waals surface area contributed by atoms with E-state index in [0.717, 1.165) is 17.4 Å². The molecule has 0 rings (SSSR count). The molecular weight excluding hydrogens is 210 g/mol. The molecular formula is C11H23NS2. The van der Waals surface area contributed by atoms with Crippen LogP contribution in [0.25, 0.3) is 0 Å². The molecule has 0 aliphatic heterocycles. The van der Waals surface area contributed by atoms with Crippen LogP contribution < -0.4 is 0 Å². The molecule has 0 aromatic carbocycles. The highest BCUT2D eigenvalue weighted by molar-refractivity contribution is 8.22. The minimum absolute atomic E-state index is 1.05. The van der Waals surface area contributed by atoms with E-state index in [0.29, 0.717) is 0 Å². The molecule has 0 atom stereocenters. The highest BCUT2D eigenvalue weighted by atomic mass is 32.2. The van der Waals surface area contributed by atoms with Crippen LogP contribution in [-0.4, -0.2) is 28.1 Å². The standard InChI is InChI=1S/C11H23NS2/c1-4-7-9-12(6-3)11(13)14-10-8-5-2/h4-10H2,1-3H3. The van der Waals surface area contributed by atoms with Gasteiger partial charge in [0.2, 0.25) is 0 Å². The Balaban J connectivity index is 3.67. The summed E-state index contributed by atoms with van der Waals surface area (Å²) in [6, 6.07) is 0. The maximum Gasteiger partial charge on any atom is 0.136 e. The van der Waals surface area contributed by atoms with Crippen LogP contribution in [0.5, 0.6) is 0 Å². The maximum absolute atomic E-state index is 5.39. The summed E-state index contributed by atoms with van der Waals surface area (Å²) in [5.41, 5.74) is 0. The quantitative estimate of drug-likeness (QED) is 0.484. The Morgan fingerprint density at radius 2 is 1.79 bits per heavy atom. The molecule has 1 nitrogen and oxygen atoms in total. The van der Waals surface area contributed by atoms with Gasteiger partial charge in [0.25, 0.3) is 0 Å². The van der Waals surface area contributed by atoms with Crippen LogP contribution in [0.1, 0.15) is 46.5 Å². The number of rotatable bonds is 7. The van der Waals surface area contributed by atoms with E-state index in [9.17, 15) is 0 Å². The molecule has 14 heavy (non-hydrogen) atoms. The summed E-state index contributed by atoms with van der Waals surface area (Å²) in [6.07, 6.45) is 5.04. The summed E-state index contributed by atoms with van der Waals surface area (Å²) in [6.45, 7) is 8.81. The first-order valence-corrected chi connectivity index (χ1v) is 7.07. The van der Waals surface area contributed by atoms with E-state index in [1.165, 1.54) is 31.4 Å². The summed E-state index contributed by atoms with van der Waals surface area (Å²) in [5, 5.41) is 0. The largest absolute Gasteiger partial charge is 0.358 e. The molecule has 0 amide bonds. The molecule has 0 unspecified atom stereocenters. The van der Waals surface area contributed by atoms with Gasteiger partial charge >= 0.3 is 0 Å². The van der Waals surface area contributed by atoms with Crippen molar-refractivity contribution in [3.8, 4) is 0 Å². The number of hydrogen-bond donors (Lipinski definition) is 0. The van der Waals surface area contributed by atoms with Crippen molar-refractivity contribution in [3.05, 3.63) is 0 Å². The van der Waals surface area contributed by atoms with Crippen LogP contribution in [0.4, 0.5) is 0 Å². The van der Waals surface area contributed by atoms with Crippen LogP contribution >= 0.6 is 24.0 Å². The second kappa shape index (κ2) is 9.78. The Bertz CT molecular complexity index is 148. The molecule has 0 saturated heterocycles. The average Bonchev–Trinajstić information content (AvgIpc) is 2.19. The lowest BCUT2D eigenvalue weighted by Gasteiger charge is -2.22. The normalized spacial score (nSPS) is 10.2. The van der Waals surface area contributed by atoms with Crippen molar-refractivity contribution in [3.63, 3.8) is 0 Å². The van der Waals surface area contributed by atoms with Crippen molar-refractivity contribution < 1.29 is 0 Å². The van der Waals surface area contributed by atoms with Gasteiger partial charge in [-0.2, -0.15) is 0 Å². The molecule has 0 aliphatic carbocycles. The van der Waals surface area contributed by atoms with E-state index in [1.54, 1.807) is 0 Å². The molecule has 0 bridgehead atoms. The van der Waals surface area contributed by atoms with Gasteiger partial charge in [0.1, 0.15) is 4.32 Å². The van der Waals surface area contributed by atoms with Gasteiger partial charge in [0.05, 0.1) is 0 Å². The molecule has 0 N–H and O–H groups in total. The Kier molecular flexibility index (Phi) is 9.95. The molecule has 0 aliphatic rings. The first-order valence-electron chi connectivity index (χ1n) is 5.67. The Morgan fingerprint density at radius 3 is 2.29 bits per heavy atom. The van der Waals surface area contributed by atoms with Crippen LogP contribution in [-0.2, 0) is 0 Å². The predicted octanol–water partition coefficient (Wildman–Crippen LogP) is 3.93. The molecule has 0 spiro atoms. The van der Waals surface area contributed by atoms with E-state index in [4.69, 9.17) is 12.2 Å². The highest BCUT2D eigenvalue weighted by Gasteiger charge is 2.06. The summed E-state index contributed by atoms with van der Waals surface area (Å²) in [5.74, 6) is 1.18. The number of nitrogens with zero attached hydrogens (tertiary/aromatic N) is 1. The minimum atomic E-state index is 1.05. The van der Waals surface area contributed by atoms with Crippen molar-refractivity contribution in [2.24, 2.45) is 0 Å². The fourth-order valence-electron chi connectivity index (χ4n) is 1.12. The summed E-state index contributed by atoms with van der Waals surface area (Å²) < 4.78 is 1.09. The third kappa shape index (κ3) is 6.66. The fourth-order valence-corrected chi connectivity index (χ4v) is 2.60. The third-order valence-corrected chi connectivity index (χ3v) is 3.75. The van der Waals surface area contributed by atoms with Gasteiger partial charge in [0.15, 0.2) is 0 Å². The smallest absolute Gasteiger partial charge is 0.136 e. The first-order chi connectivity index (χ1) is 6.76. The molecule has 0 heterocycles. The summed E-state index contributed by atoms with van der Waals surface area (Å²) in [4.78, 5) is 2.32. The van der Waals surface area contributed by atoms with E-state index < -0.39 is 0 Å². The van der Waals surface area contributed by atoms with Gasteiger partial charge in [0, 0.05) is 18.8 Å². The van der Waals surface area contributed by atoms with Gasteiger partial charge in [-0.05, 0) is 19.8 Å². The lowest BCUT2D eigenvalue weighted by Crippen LogP contribution is -2.28. The molecule has 0 aromatic heterocycles. The van der Waals surface area contributed by atoms with E-state index in [1.807, 2.05) is 11.8 Å². The SMILES string of the molecule is CCCCSC(=S)N(CC)CCCC. The zero-order valence-electron chi connectivity index (χ0n) is 9.71. The second-order valence-corrected chi connectivity index (χ2v) is 5.13. The maximum atomic E-state index is 5.39. The van der Waals surface area contributed by atoms with Crippen LogP contribution in [0.3, 0.4) is 0 Å². The molecule has 3 heteroatoms. The molecule has 0 aromatic rings. The number of hydrogen-bond acceptors (Lipinski definition) is 2. The van der Waals surface area contributed by atoms with Crippen molar-refractivity contribution in [2.75, 3.05) is 18.8 Å². The third-order valence-electron chi connectivity index (χ3n) is 2.14. The van der Waals surface area contributed by atoms with Crippen LogP contribution in [0, 0.1) is 0 Å². The minimum Gasteiger partial charge on any atom is -0.358 e. The van der Waals surface area contributed by atoms with Crippen LogP contribution in [0.15, 0.2) is 0 Å². The fraction of sp³-hybridized carbons (Fsp3) is 0.909. The van der Waals surface area contributed by atoms with Crippen molar-refractivity contribution >= 4 is 28.3 Å². The number of thioether (sulfide) groups is 1. The topological polar surface area (TPSA) is 3.24 Å². The summed E-state index contributed by atoms with van der Waals surface area (Å²) in [7, 11) is 0. The Morgan fingerprint density at radius 1 is 1.14 bits per heavy atom. The zero-order chi connectivity index (χ0) is 10.8. The van der Waals surface area contributed by atoms with Crippen molar-refractivity contribution in [2.45, 2.75) is 46.5 Å². The van der Waals surface area contributed by atoms with Gasteiger partial charge in [-0.25, -0.2) is 0 Å². The van der Waals surface area contributed by atoms with Gasteiger partial charge in [-0.15, -0.1) is 0 Å². The molecule has 0 saturated carbocycles. The first kappa shape index (κ1) is 14.2. The lowest BCUT2D eigenvalue weighted by atomic mass is 10.3. The monoisotopic (exact) mass is 233 g/mol. The summed E-state index contributed by atoms with van der Waals surface area (Å²) >= 11 is 7.23. The van der Waals surface area contributed by atoms with E-state index in [2.05, 4.69) is 25.7 Å². The molecule has 84 valence electrons. The van der Waals surface area contributed by atoms with Crippen molar-refractivity contribution in [1.82, 2.24) is 4.90 Å². The van der Waals surface area contributed by atoms with Crippen molar-refractivity contribution in [1.29, 1.82) is 0 Å². The number of thiocarbonyl (C=S) groups is 1. The number of unbranched alkanes of at least 4 members (excludes halogenated alkanes) is 2. The highest BCUT2D eigenvalue weighted by Crippen LogP contribution is 2.12. The second-order valence-electron chi connectivity index (χ2n) is 3.40.